The van der Waals surface area contributed by atoms with Crippen molar-refractivity contribution in [3.05, 3.63) is 35.9 Å². The van der Waals surface area contributed by atoms with Crippen molar-refractivity contribution >= 4 is 5.78 Å². The van der Waals surface area contributed by atoms with Gasteiger partial charge in [0.2, 0.25) is 0 Å². The van der Waals surface area contributed by atoms with Gasteiger partial charge in [0, 0.05) is 5.41 Å². The van der Waals surface area contributed by atoms with Gasteiger partial charge in [0.1, 0.15) is 5.78 Å². The summed E-state index contributed by atoms with van der Waals surface area (Å²) in [5.41, 5.74) is 6.77. The number of carbonyl (C=O) groups excluding carboxylic acids is 1. The summed E-state index contributed by atoms with van der Waals surface area (Å²) in [7, 11) is 0. The van der Waals surface area contributed by atoms with E-state index in [1.807, 2.05) is 18.2 Å². The highest BCUT2D eigenvalue weighted by Gasteiger charge is 2.50. The number of benzene rings is 1. The zero-order valence-corrected chi connectivity index (χ0v) is 9.78. The first-order chi connectivity index (χ1) is 7.70. The van der Waals surface area contributed by atoms with Gasteiger partial charge in [0.05, 0.1) is 0 Å². The van der Waals surface area contributed by atoms with Crippen molar-refractivity contribution < 1.29 is 4.79 Å². The Morgan fingerprint density at radius 1 is 1.44 bits per heavy atom. The van der Waals surface area contributed by atoms with Crippen LogP contribution in [-0.2, 0) is 4.79 Å². The second kappa shape index (κ2) is 4.38. The number of hydrogen-bond donors (Lipinski definition) is 1. The molecule has 1 fully saturated rings. The molecule has 1 saturated carbocycles. The summed E-state index contributed by atoms with van der Waals surface area (Å²) in [5.74, 6) is 0.688. The minimum absolute atomic E-state index is 0.171. The van der Waals surface area contributed by atoms with E-state index in [0.717, 1.165) is 19.3 Å². The third-order valence-corrected chi connectivity index (χ3v) is 4.04. The van der Waals surface area contributed by atoms with E-state index < -0.39 is 0 Å². The molecule has 1 aromatic rings. The molecule has 0 aromatic heterocycles. The maximum absolute atomic E-state index is 11.9. The first-order valence-electron chi connectivity index (χ1n) is 5.97. The van der Waals surface area contributed by atoms with E-state index in [1.165, 1.54) is 5.56 Å². The number of hydrogen-bond acceptors (Lipinski definition) is 2. The van der Waals surface area contributed by atoms with Crippen LogP contribution in [0, 0.1) is 5.41 Å². The molecule has 0 saturated heterocycles. The molecule has 2 nitrogen and oxygen atoms in total. The van der Waals surface area contributed by atoms with Crippen molar-refractivity contribution in [2.45, 2.75) is 32.1 Å². The average Bonchev–Trinajstić information content (AvgIpc) is 2.25. The van der Waals surface area contributed by atoms with E-state index >= 15 is 0 Å². The molecule has 2 rings (SSSR count). The summed E-state index contributed by atoms with van der Waals surface area (Å²) in [6.07, 6.45) is 2.94. The van der Waals surface area contributed by atoms with Crippen LogP contribution in [0.4, 0.5) is 0 Å². The normalized spacial score (nSPS) is 28.5. The van der Waals surface area contributed by atoms with Gasteiger partial charge in [-0.2, -0.15) is 0 Å². The van der Waals surface area contributed by atoms with Gasteiger partial charge in [-0.3, -0.25) is 4.79 Å². The molecule has 1 aliphatic carbocycles. The van der Waals surface area contributed by atoms with Crippen LogP contribution < -0.4 is 5.73 Å². The topological polar surface area (TPSA) is 43.1 Å². The quantitative estimate of drug-likeness (QED) is 0.842. The van der Waals surface area contributed by atoms with Gasteiger partial charge in [0.25, 0.3) is 0 Å². The standard InChI is InChI=1S/C14H19NO/c1-11(16)14(9-10-15)8-7-13(14)12-5-3-2-4-6-12/h2-6,13H,7-10,15H2,1H3. The molecule has 1 aliphatic rings. The Balaban J connectivity index is 2.26. The zero-order valence-electron chi connectivity index (χ0n) is 9.78. The summed E-state index contributed by atoms with van der Waals surface area (Å²) in [4.78, 5) is 11.9. The molecule has 2 heteroatoms. The number of Topliss-reactive ketones (excluding diaryl/α,β-unsaturated/α-hetero) is 1. The van der Waals surface area contributed by atoms with Crippen molar-refractivity contribution in [3.8, 4) is 0 Å². The summed E-state index contributed by atoms with van der Waals surface area (Å²) >= 11 is 0. The summed E-state index contributed by atoms with van der Waals surface area (Å²) in [5, 5.41) is 0. The van der Waals surface area contributed by atoms with E-state index in [1.54, 1.807) is 6.92 Å². The van der Waals surface area contributed by atoms with Gasteiger partial charge < -0.3 is 5.73 Å². The Morgan fingerprint density at radius 2 is 2.12 bits per heavy atom. The van der Waals surface area contributed by atoms with Crippen LogP contribution in [-0.4, -0.2) is 12.3 Å². The van der Waals surface area contributed by atoms with Crippen molar-refractivity contribution in [2.24, 2.45) is 11.1 Å². The first-order valence-corrected chi connectivity index (χ1v) is 5.97. The van der Waals surface area contributed by atoms with Crippen molar-refractivity contribution in [3.63, 3.8) is 0 Å². The predicted molar refractivity (Wildman–Crippen MR) is 65.2 cm³/mol. The van der Waals surface area contributed by atoms with Crippen molar-refractivity contribution in [2.75, 3.05) is 6.54 Å². The highest BCUT2D eigenvalue weighted by Crippen LogP contribution is 2.55. The number of nitrogens with two attached hydrogens (primary N) is 1. The van der Waals surface area contributed by atoms with Gasteiger partial charge in [-0.15, -0.1) is 0 Å². The molecule has 0 heterocycles. The Morgan fingerprint density at radius 3 is 2.56 bits per heavy atom. The minimum atomic E-state index is -0.171. The monoisotopic (exact) mass is 217 g/mol. The lowest BCUT2D eigenvalue weighted by atomic mass is 9.54. The molecule has 0 amide bonds. The molecule has 0 radical (unpaired) electrons. The Labute approximate surface area is 96.8 Å². The molecule has 86 valence electrons. The highest BCUT2D eigenvalue weighted by atomic mass is 16.1. The van der Waals surface area contributed by atoms with Crippen molar-refractivity contribution in [1.29, 1.82) is 0 Å². The maximum atomic E-state index is 11.9. The lowest BCUT2D eigenvalue weighted by molar-refractivity contribution is -0.133. The number of ketones is 1. The lowest BCUT2D eigenvalue weighted by Gasteiger charge is -2.48. The number of rotatable bonds is 4. The highest BCUT2D eigenvalue weighted by molar-refractivity contribution is 5.84. The van der Waals surface area contributed by atoms with Crippen LogP contribution in [0.1, 0.15) is 37.7 Å². The van der Waals surface area contributed by atoms with E-state index in [-0.39, 0.29) is 5.41 Å². The largest absolute Gasteiger partial charge is 0.330 e. The molecule has 1 aromatic carbocycles. The van der Waals surface area contributed by atoms with Crippen LogP contribution >= 0.6 is 0 Å². The van der Waals surface area contributed by atoms with Gasteiger partial charge in [-0.25, -0.2) is 0 Å². The summed E-state index contributed by atoms with van der Waals surface area (Å²) < 4.78 is 0. The van der Waals surface area contributed by atoms with E-state index in [9.17, 15) is 4.79 Å². The fourth-order valence-electron chi connectivity index (χ4n) is 2.96. The van der Waals surface area contributed by atoms with Crippen LogP contribution in [0.3, 0.4) is 0 Å². The predicted octanol–water partition coefficient (Wildman–Crippen LogP) is 2.49. The van der Waals surface area contributed by atoms with E-state index in [0.29, 0.717) is 18.2 Å². The number of carbonyl (C=O) groups is 1. The second-order valence-corrected chi connectivity index (χ2v) is 4.75. The Kier molecular flexibility index (Phi) is 3.10. The average molecular weight is 217 g/mol. The van der Waals surface area contributed by atoms with Gasteiger partial charge in [-0.1, -0.05) is 30.3 Å². The van der Waals surface area contributed by atoms with Crippen LogP contribution in [0.2, 0.25) is 0 Å². The Bertz CT molecular complexity index is 374. The van der Waals surface area contributed by atoms with Crippen LogP contribution in [0.15, 0.2) is 30.3 Å². The SMILES string of the molecule is CC(=O)C1(CCN)CCC1c1ccccc1. The lowest BCUT2D eigenvalue weighted by Crippen LogP contribution is -2.45. The zero-order chi connectivity index (χ0) is 11.6. The van der Waals surface area contributed by atoms with Gasteiger partial charge in [0.15, 0.2) is 0 Å². The molecule has 16 heavy (non-hydrogen) atoms. The molecule has 0 aliphatic heterocycles. The minimum Gasteiger partial charge on any atom is -0.330 e. The van der Waals surface area contributed by atoms with E-state index in [4.69, 9.17) is 5.73 Å². The third kappa shape index (κ3) is 1.67. The molecular formula is C14H19NO. The summed E-state index contributed by atoms with van der Waals surface area (Å²) in [6, 6.07) is 10.3. The molecule has 2 unspecified atom stereocenters. The van der Waals surface area contributed by atoms with Crippen molar-refractivity contribution in [1.82, 2.24) is 0 Å². The van der Waals surface area contributed by atoms with Crippen LogP contribution in [0.25, 0.3) is 0 Å². The molecule has 2 atom stereocenters. The molecule has 2 N–H and O–H groups in total. The van der Waals surface area contributed by atoms with Crippen LogP contribution in [0.5, 0.6) is 0 Å². The Hall–Kier alpha value is -1.15. The van der Waals surface area contributed by atoms with Gasteiger partial charge >= 0.3 is 0 Å². The summed E-state index contributed by atoms with van der Waals surface area (Å²) in [6.45, 7) is 2.31. The second-order valence-electron chi connectivity index (χ2n) is 4.75. The molecule has 0 spiro atoms. The van der Waals surface area contributed by atoms with E-state index in [2.05, 4.69) is 12.1 Å². The molecule has 0 bridgehead atoms. The fourth-order valence-corrected chi connectivity index (χ4v) is 2.96. The first kappa shape index (κ1) is 11.3. The fraction of sp³-hybridized carbons (Fsp3) is 0.500. The smallest absolute Gasteiger partial charge is 0.136 e. The third-order valence-electron chi connectivity index (χ3n) is 4.04. The molecular weight excluding hydrogens is 198 g/mol. The maximum Gasteiger partial charge on any atom is 0.136 e. The van der Waals surface area contributed by atoms with Gasteiger partial charge in [-0.05, 0) is 44.2 Å².